The molecule has 6 nitrogen and oxygen atoms in total. The molecule has 1 aromatic carbocycles. The summed E-state index contributed by atoms with van der Waals surface area (Å²) in [5.74, 6) is 1.82. The van der Waals surface area contributed by atoms with Gasteiger partial charge in [0.2, 0.25) is 0 Å². The first-order valence-corrected chi connectivity index (χ1v) is 8.74. The van der Waals surface area contributed by atoms with Crippen LogP contribution in [-0.4, -0.2) is 32.9 Å². The van der Waals surface area contributed by atoms with E-state index < -0.39 is 0 Å². The van der Waals surface area contributed by atoms with Gasteiger partial charge in [-0.25, -0.2) is 4.79 Å². The van der Waals surface area contributed by atoms with E-state index in [1.165, 1.54) is 12.0 Å². The van der Waals surface area contributed by atoms with Crippen LogP contribution in [0.2, 0.25) is 0 Å². The number of aryl methyl sites for hydroxylation is 1. The maximum absolute atomic E-state index is 12.5. The van der Waals surface area contributed by atoms with Crippen molar-refractivity contribution < 1.29 is 4.74 Å². The molecule has 0 saturated heterocycles. The maximum Gasteiger partial charge on any atom is 0.347 e. The number of fused-ring (bicyclic) bond motifs is 1. The summed E-state index contributed by atoms with van der Waals surface area (Å²) in [6.07, 6.45) is 4.28. The molecule has 2 heterocycles. The highest BCUT2D eigenvalue weighted by atomic mass is 16.5. The molecule has 130 valence electrons. The van der Waals surface area contributed by atoms with Gasteiger partial charge in [-0.05, 0) is 44.5 Å². The van der Waals surface area contributed by atoms with Gasteiger partial charge in [-0.3, -0.25) is 9.47 Å². The number of ether oxygens (including phenoxy) is 1. The fraction of sp³-hybridized carbons (Fsp3) is 0.556. The van der Waals surface area contributed by atoms with Gasteiger partial charge in [0, 0.05) is 19.5 Å². The number of rotatable bonds is 6. The Hall–Kier alpha value is -2.08. The second-order valence-electron chi connectivity index (χ2n) is 6.39. The molecule has 0 radical (unpaired) electrons. The second-order valence-corrected chi connectivity index (χ2v) is 6.39. The van der Waals surface area contributed by atoms with Crippen LogP contribution in [0.4, 0.5) is 0 Å². The van der Waals surface area contributed by atoms with Crippen LogP contribution in [-0.2, 0) is 26.2 Å². The van der Waals surface area contributed by atoms with E-state index in [0.29, 0.717) is 13.3 Å². The van der Waals surface area contributed by atoms with Gasteiger partial charge < -0.3 is 4.74 Å². The fourth-order valence-electron chi connectivity index (χ4n) is 3.17. The highest BCUT2D eigenvalue weighted by Crippen LogP contribution is 2.14. The van der Waals surface area contributed by atoms with Crippen molar-refractivity contribution in [3.8, 4) is 5.75 Å². The van der Waals surface area contributed by atoms with Crippen LogP contribution in [0.5, 0.6) is 5.75 Å². The molecule has 0 N–H and O–H groups in total. The summed E-state index contributed by atoms with van der Waals surface area (Å²) in [7, 11) is 2.01. The number of hydrogen-bond acceptors (Lipinski definition) is 4. The van der Waals surface area contributed by atoms with Crippen LogP contribution in [0.1, 0.15) is 37.6 Å². The first kappa shape index (κ1) is 16.8. The lowest BCUT2D eigenvalue weighted by Gasteiger charge is -2.16. The molecule has 1 aliphatic rings. The van der Waals surface area contributed by atoms with Crippen molar-refractivity contribution in [2.45, 2.75) is 52.4 Å². The average Bonchev–Trinajstić information content (AvgIpc) is 2.75. The Morgan fingerprint density at radius 2 is 2.00 bits per heavy atom. The van der Waals surface area contributed by atoms with Crippen LogP contribution in [0, 0.1) is 0 Å². The number of hydrogen-bond donors (Lipinski definition) is 0. The summed E-state index contributed by atoms with van der Waals surface area (Å²) in [6.45, 7) is 4.73. The SMILES string of the molecule is CCOc1ccc(CN(C)Cn2nc3n(c2=O)CCCCC3)cc1. The summed E-state index contributed by atoms with van der Waals surface area (Å²) < 4.78 is 8.90. The van der Waals surface area contributed by atoms with Gasteiger partial charge in [-0.2, -0.15) is 9.78 Å². The smallest absolute Gasteiger partial charge is 0.347 e. The van der Waals surface area contributed by atoms with E-state index in [1.807, 2.05) is 30.7 Å². The van der Waals surface area contributed by atoms with Crippen molar-refractivity contribution in [3.63, 3.8) is 0 Å². The summed E-state index contributed by atoms with van der Waals surface area (Å²) in [5.41, 5.74) is 1.21. The van der Waals surface area contributed by atoms with Crippen LogP contribution in [0.3, 0.4) is 0 Å². The van der Waals surface area contributed by atoms with Crippen molar-refractivity contribution in [2.75, 3.05) is 13.7 Å². The molecule has 0 fully saturated rings. The normalized spacial score (nSPS) is 14.5. The summed E-state index contributed by atoms with van der Waals surface area (Å²) in [6, 6.07) is 8.09. The minimum atomic E-state index is 0.0189. The molecule has 0 unspecified atom stereocenters. The topological polar surface area (TPSA) is 52.3 Å². The number of nitrogens with zero attached hydrogens (tertiary/aromatic N) is 4. The monoisotopic (exact) mass is 330 g/mol. The van der Waals surface area contributed by atoms with Gasteiger partial charge in [-0.15, -0.1) is 0 Å². The second kappa shape index (κ2) is 7.66. The molecule has 1 aliphatic heterocycles. The Labute approximate surface area is 142 Å². The summed E-state index contributed by atoms with van der Waals surface area (Å²) in [5, 5.41) is 4.54. The van der Waals surface area contributed by atoms with Gasteiger partial charge in [0.15, 0.2) is 0 Å². The third-order valence-corrected chi connectivity index (χ3v) is 4.34. The number of aromatic nitrogens is 3. The average molecular weight is 330 g/mol. The van der Waals surface area contributed by atoms with Gasteiger partial charge in [-0.1, -0.05) is 18.6 Å². The van der Waals surface area contributed by atoms with Gasteiger partial charge in [0.1, 0.15) is 11.6 Å². The molecule has 24 heavy (non-hydrogen) atoms. The third kappa shape index (κ3) is 3.87. The Kier molecular flexibility index (Phi) is 5.35. The third-order valence-electron chi connectivity index (χ3n) is 4.34. The van der Waals surface area contributed by atoms with Crippen LogP contribution < -0.4 is 10.4 Å². The Bertz CT molecular complexity index is 718. The number of benzene rings is 1. The molecular formula is C18H26N4O2. The Balaban J connectivity index is 1.64. The van der Waals surface area contributed by atoms with Crippen molar-refractivity contribution in [2.24, 2.45) is 0 Å². The quantitative estimate of drug-likeness (QED) is 0.815. The van der Waals surface area contributed by atoms with Gasteiger partial charge in [0.05, 0.1) is 13.3 Å². The minimum absolute atomic E-state index is 0.0189. The Morgan fingerprint density at radius 1 is 1.21 bits per heavy atom. The van der Waals surface area contributed by atoms with E-state index in [2.05, 4.69) is 22.1 Å². The molecule has 0 bridgehead atoms. The zero-order valence-electron chi connectivity index (χ0n) is 14.6. The van der Waals surface area contributed by atoms with Crippen LogP contribution in [0.25, 0.3) is 0 Å². The van der Waals surface area contributed by atoms with Crippen molar-refractivity contribution >= 4 is 0 Å². The van der Waals surface area contributed by atoms with Crippen molar-refractivity contribution in [1.82, 2.24) is 19.2 Å². The lowest BCUT2D eigenvalue weighted by atomic mass is 10.2. The maximum atomic E-state index is 12.5. The van der Waals surface area contributed by atoms with Gasteiger partial charge >= 0.3 is 5.69 Å². The molecule has 1 aromatic heterocycles. The molecule has 6 heteroatoms. The molecule has 0 saturated carbocycles. The van der Waals surface area contributed by atoms with E-state index in [9.17, 15) is 4.79 Å². The lowest BCUT2D eigenvalue weighted by Crippen LogP contribution is -2.31. The molecule has 0 aliphatic carbocycles. The molecule has 3 rings (SSSR count). The predicted molar refractivity (Wildman–Crippen MR) is 93.1 cm³/mol. The zero-order valence-corrected chi connectivity index (χ0v) is 14.6. The van der Waals surface area contributed by atoms with Crippen molar-refractivity contribution in [1.29, 1.82) is 0 Å². The van der Waals surface area contributed by atoms with E-state index in [1.54, 1.807) is 4.68 Å². The summed E-state index contributed by atoms with van der Waals surface area (Å²) >= 11 is 0. The molecular weight excluding hydrogens is 304 g/mol. The van der Waals surface area contributed by atoms with E-state index >= 15 is 0 Å². The predicted octanol–water partition coefficient (Wildman–Crippen LogP) is 2.26. The zero-order chi connectivity index (χ0) is 16.9. The highest BCUT2D eigenvalue weighted by Gasteiger charge is 2.16. The van der Waals surface area contributed by atoms with E-state index in [-0.39, 0.29) is 5.69 Å². The lowest BCUT2D eigenvalue weighted by molar-refractivity contribution is 0.240. The highest BCUT2D eigenvalue weighted by molar-refractivity contribution is 5.27. The minimum Gasteiger partial charge on any atom is -0.494 e. The summed E-state index contributed by atoms with van der Waals surface area (Å²) in [4.78, 5) is 14.6. The molecule has 0 spiro atoms. The van der Waals surface area contributed by atoms with Gasteiger partial charge in [0.25, 0.3) is 0 Å². The molecule has 2 aromatic rings. The first-order chi connectivity index (χ1) is 11.7. The van der Waals surface area contributed by atoms with E-state index in [4.69, 9.17) is 4.74 Å². The standard InChI is InChI=1S/C18H26N4O2/c1-3-24-16-10-8-15(9-11-16)13-20(2)14-22-18(23)21-12-6-4-5-7-17(21)19-22/h8-11H,3-7,12-14H2,1-2H3. The fourth-order valence-corrected chi connectivity index (χ4v) is 3.17. The van der Waals surface area contributed by atoms with Crippen molar-refractivity contribution in [3.05, 3.63) is 46.1 Å². The molecule has 0 amide bonds. The largest absolute Gasteiger partial charge is 0.494 e. The Morgan fingerprint density at radius 3 is 2.75 bits per heavy atom. The van der Waals surface area contributed by atoms with Crippen LogP contribution >= 0.6 is 0 Å². The van der Waals surface area contributed by atoms with Crippen LogP contribution in [0.15, 0.2) is 29.1 Å². The molecule has 0 atom stereocenters. The first-order valence-electron chi connectivity index (χ1n) is 8.74. The van der Waals surface area contributed by atoms with E-state index in [0.717, 1.165) is 43.9 Å².